The molecule has 0 aliphatic rings. The Morgan fingerprint density at radius 2 is 2.11 bits per heavy atom. The quantitative estimate of drug-likeness (QED) is 0.923. The molecule has 19 heavy (non-hydrogen) atoms. The minimum atomic E-state index is -3.28. The third-order valence-electron chi connectivity index (χ3n) is 2.50. The van der Waals surface area contributed by atoms with Crippen LogP contribution in [0.1, 0.15) is 5.56 Å². The second kappa shape index (κ2) is 5.38. The summed E-state index contributed by atoms with van der Waals surface area (Å²) in [6, 6.07) is 7.81. The average molecular weight is 279 g/mol. The van der Waals surface area contributed by atoms with E-state index in [2.05, 4.69) is 4.98 Å². The molecule has 100 valence electrons. The summed E-state index contributed by atoms with van der Waals surface area (Å²) < 4.78 is 28.5. The number of benzene rings is 1. The maximum Gasteiger partial charge on any atom is 0.175 e. The number of ether oxygens (including phenoxy) is 1. The summed E-state index contributed by atoms with van der Waals surface area (Å²) in [7, 11) is -3.28. The monoisotopic (exact) mass is 279 g/mol. The van der Waals surface area contributed by atoms with Crippen molar-refractivity contribution in [1.82, 2.24) is 4.98 Å². The third kappa shape index (κ3) is 3.30. The lowest BCUT2D eigenvalue weighted by Crippen LogP contribution is -1.98. The Labute approximate surface area is 111 Å². The standard InChI is InChI=1S/C13H13NO4S/c1-19(16,17)12-4-2-3-11(7-12)18-13-8-14-6-5-10(13)9-15/h2-8,15H,9H2,1H3. The molecule has 0 radical (unpaired) electrons. The molecule has 0 bridgehead atoms. The molecule has 0 saturated heterocycles. The normalized spacial score (nSPS) is 11.3. The van der Waals surface area contributed by atoms with Gasteiger partial charge in [0.25, 0.3) is 0 Å². The van der Waals surface area contributed by atoms with Crippen LogP contribution in [0.3, 0.4) is 0 Å². The number of hydrogen-bond acceptors (Lipinski definition) is 5. The molecule has 6 heteroatoms. The zero-order valence-electron chi connectivity index (χ0n) is 10.3. The maximum absolute atomic E-state index is 11.5. The van der Waals surface area contributed by atoms with Crippen molar-refractivity contribution in [3.05, 3.63) is 48.3 Å². The van der Waals surface area contributed by atoms with E-state index in [1.807, 2.05) is 0 Å². The van der Waals surface area contributed by atoms with Crippen molar-refractivity contribution in [3.8, 4) is 11.5 Å². The van der Waals surface area contributed by atoms with Crippen molar-refractivity contribution in [2.24, 2.45) is 0 Å². The Morgan fingerprint density at radius 1 is 1.32 bits per heavy atom. The van der Waals surface area contributed by atoms with Crippen LogP contribution in [0.25, 0.3) is 0 Å². The van der Waals surface area contributed by atoms with Crippen LogP contribution < -0.4 is 4.74 Å². The van der Waals surface area contributed by atoms with Crippen LogP contribution in [0.2, 0.25) is 0 Å². The van der Waals surface area contributed by atoms with Gasteiger partial charge >= 0.3 is 0 Å². The molecule has 1 N–H and O–H groups in total. The highest BCUT2D eigenvalue weighted by atomic mass is 32.2. The highest BCUT2D eigenvalue weighted by Gasteiger charge is 2.09. The number of aliphatic hydroxyl groups is 1. The fourth-order valence-corrected chi connectivity index (χ4v) is 2.18. The molecule has 1 heterocycles. The lowest BCUT2D eigenvalue weighted by Gasteiger charge is -2.09. The lowest BCUT2D eigenvalue weighted by molar-refractivity contribution is 0.276. The Morgan fingerprint density at radius 3 is 2.79 bits per heavy atom. The van der Waals surface area contributed by atoms with Crippen molar-refractivity contribution in [2.45, 2.75) is 11.5 Å². The topological polar surface area (TPSA) is 76.5 Å². The molecule has 0 amide bonds. The van der Waals surface area contributed by atoms with Crippen LogP contribution >= 0.6 is 0 Å². The summed E-state index contributed by atoms with van der Waals surface area (Å²) in [5.41, 5.74) is 0.583. The number of nitrogens with zero attached hydrogens (tertiary/aromatic N) is 1. The molecule has 0 spiro atoms. The smallest absolute Gasteiger partial charge is 0.175 e. The molecule has 1 aromatic heterocycles. The van der Waals surface area contributed by atoms with Gasteiger partial charge in [0.15, 0.2) is 15.6 Å². The third-order valence-corrected chi connectivity index (χ3v) is 3.61. The number of hydrogen-bond donors (Lipinski definition) is 1. The van der Waals surface area contributed by atoms with Gasteiger partial charge < -0.3 is 9.84 Å². The van der Waals surface area contributed by atoms with Gasteiger partial charge in [0.05, 0.1) is 17.7 Å². The predicted molar refractivity (Wildman–Crippen MR) is 69.8 cm³/mol. The van der Waals surface area contributed by atoms with Crippen LogP contribution in [0.4, 0.5) is 0 Å². The van der Waals surface area contributed by atoms with Crippen LogP contribution in [0.15, 0.2) is 47.6 Å². The predicted octanol–water partition coefficient (Wildman–Crippen LogP) is 1.77. The Bertz CT molecular complexity index is 683. The molecule has 0 saturated carbocycles. The van der Waals surface area contributed by atoms with Crippen LogP contribution in [-0.4, -0.2) is 24.8 Å². The second-order valence-corrected chi connectivity index (χ2v) is 6.01. The van der Waals surface area contributed by atoms with E-state index in [0.29, 0.717) is 17.1 Å². The molecule has 0 aliphatic carbocycles. The fraction of sp³-hybridized carbons (Fsp3) is 0.154. The molecule has 5 nitrogen and oxygen atoms in total. The van der Waals surface area contributed by atoms with Gasteiger partial charge in [-0.15, -0.1) is 0 Å². The number of aromatic nitrogens is 1. The van der Waals surface area contributed by atoms with Crippen molar-refractivity contribution < 1.29 is 18.3 Å². The molecule has 0 aliphatic heterocycles. The summed E-state index contributed by atoms with van der Waals surface area (Å²) in [4.78, 5) is 4.09. The van der Waals surface area contributed by atoms with Crippen molar-refractivity contribution in [1.29, 1.82) is 0 Å². The van der Waals surface area contributed by atoms with Gasteiger partial charge in [0, 0.05) is 18.0 Å². The number of aliphatic hydroxyl groups excluding tert-OH is 1. The second-order valence-electron chi connectivity index (χ2n) is 3.99. The number of rotatable bonds is 4. The van der Waals surface area contributed by atoms with Gasteiger partial charge in [0.2, 0.25) is 0 Å². The van der Waals surface area contributed by atoms with Gasteiger partial charge in [-0.2, -0.15) is 0 Å². The Kier molecular flexibility index (Phi) is 3.82. The summed E-state index contributed by atoms with van der Waals surface area (Å²) in [6.45, 7) is -0.177. The number of sulfone groups is 1. The molecule has 0 atom stereocenters. The zero-order valence-corrected chi connectivity index (χ0v) is 11.1. The molecule has 0 unspecified atom stereocenters. The first kappa shape index (κ1) is 13.5. The molecule has 1 aromatic carbocycles. The van der Waals surface area contributed by atoms with E-state index in [9.17, 15) is 13.5 Å². The van der Waals surface area contributed by atoms with E-state index in [4.69, 9.17) is 4.74 Å². The summed E-state index contributed by atoms with van der Waals surface area (Å²) in [5, 5.41) is 9.18. The largest absolute Gasteiger partial charge is 0.455 e. The van der Waals surface area contributed by atoms with Crippen LogP contribution in [0.5, 0.6) is 11.5 Å². The summed E-state index contributed by atoms with van der Waals surface area (Å²) in [6.07, 6.45) is 4.15. The highest BCUT2D eigenvalue weighted by molar-refractivity contribution is 7.90. The van der Waals surface area contributed by atoms with Crippen LogP contribution in [-0.2, 0) is 16.4 Å². The minimum absolute atomic E-state index is 0.177. The first-order valence-electron chi connectivity index (χ1n) is 5.52. The lowest BCUT2D eigenvalue weighted by atomic mass is 10.2. The average Bonchev–Trinajstić information content (AvgIpc) is 2.39. The fourth-order valence-electron chi connectivity index (χ4n) is 1.53. The van der Waals surface area contributed by atoms with E-state index >= 15 is 0 Å². The summed E-state index contributed by atoms with van der Waals surface area (Å²) in [5.74, 6) is 0.779. The Hall–Kier alpha value is -1.92. The SMILES string of the molecule is CS(=O)(=O)c1cccc(Oc2cnccc2CO)c1. The minimum Gasteiger partial charge on any atom is -0.455 e. The van der Waals surface area contributed by atoms with Gasteiger partial charge in [-0.05, 0) is 24.3 Å². The molecule has 0 fully saturated rings. The van der Waals surface area contributed by atoms with Crippen LogP contribution in [0, 0.1) is 0 Å². The highest BCUT2D eigenvalue weighted by Crippen LogP contribution is 2.26. The van der Waals surface area contributed by atoms with E-state index in [1.54, 1.807) is 24.4 Å². The van der Waals surface area contributed by atoms with E-state index in [-0.39, 0.29) is 11.5 Å². The van der Waals surface area contributed by atoms with Crippen molar-refractivity contribution in [2.75, 3.05) is 6.26 Å². The number of pyridine rings is 1. The molecular weight excluding hydrogens is 266 g/mol. The first-order chi connectivity index (χ1) is 9.00. The zero-order chi connectivity index (χ0) is 13.9. The van der Waals surface area contributed by atoms with Gasteiger partial charge in [0.1, 0.15) is 5.75 Å². The molecular formula is C13H13NO4S. The van der Waals surface area contributed by atoms with Gasteiger partial charge in [-0.1, -0.05) is 6.07 Å². The van der Waals surface area contributed by atoms with E-state index in [1.165, 1.54) is 18.3 Å². The van der Waals surface area contributed by atoms with E-state index < -0.39 is 9.84 Å². The first-order valence-corrected chi connectivity index (χ1v) is 7.41. The Balaban J connectivity index is 2.34. The molecule has 2 rings (SSSR count). The van der Waals surface area contributed by atoms with E-state index in [0.717, 1.165) is 6.26 Å². The maximum atomic E-state index is 11.5. The van der Waals surface area contributed by atoms with Gasteiger partial charge in [-0.3, -0.25) is 4.98 Å². The summed E-state index contributed by atoms with van der Waals surface area (Å²) >= 11 is 0. The van der Waals surface area contributed by atoms with Gasteiger partial charge in [-0.25, -0.2) is 8.42 Å². The van der Waals surface area contributed by atoms with Crippen molar-refractivity contribution >= 4 is 9.84 Å². The van der Waals surface area contributed by atoms with Crippen molar-refractivity contribution in [3.63, 3.8) is 0 Å². The molecule has 2 aromatic rings.